The summed E-state index contributed by atoms with van der Waals surface area (Å²) in [4.78, 5) is 2.28. The Kier molecular flexibility index (Phi) is 7.20. The average molecular weight is 223 g/mol. The quantitative estimate of drug-likeness (QED) is 0.433. The third-order valence-corrected chi connectivity index (χ3v) is 3.21. The number of hydrogen-bond acceptors (Lipinski definition) is 1. The van der Waals surface area contributed by atoms with Gasteiger partial charge >= 0.3 is 0 Å². The molecule has 1 nitrogen and oxygen atoms in total. The zero-order valence-electron chi connectivity index (χ0n) is 11.8. The van der Waals surface area contributed by atoms with E-state index in [9.17, 15) is 0 Å². The van der Waals surface area contributed by atoms with Crippen LogP contribution in [0, 0.1) is 11.8 Å². The fourth-order valence-corrected chi connectivity index (χ4v) is 1.57. The van der Waals surface area contributed by atoms with Crippen LogP contribution in [0.3, 0.4) is 0 Å². The van der Waals surface area contributed by atoms with Gasteiger partial charge in [-0.1, -0.05) is 46.4 Å². The number of nitrogens with zero attached hydrogens (tertiary/aromatic N) is 1. The summed E-state index contributed by atoms with van der Waals surface area (Å²) in [5.41, 5.74) is 2.62. The first-order chi connectivity index (χ1) is 7.36. The lowest BCUT2D eigenvalue weighted by molar-refractivity contribution is 0.365. The predicted molar refractivity (Wildman–Crippen MR) is 74.4 cm³/mol. The van der Waals surface area contributed by atoms with E-state index in [1.807, 2.05) is 0 Å². The maximum atomic E-state index is 4.10. The molecule has 0 radical (unpaired) electrons. The number of hydrogen-bond donors (Lipinski definition) is 0. The smallest absolute Gasteiger partial charge is 0.0171 e. The molecule has 0 bridgehead atoms. The van der Waals surface area contributed by atoms with E-state index < -0.39 is 0 Å². The molecule has 0 N–H and O–H groups in total. The zero-order valence-corrected chi connectivity index (χ0v) is 11.8. The van der Waals surface area contributed by atoms with Crippen molar-refractivity contribution in [3.8, 4) is 0 Å². The van der Waals surface area contributed by atoms with Crippen molar-refractivity contribution in [1.82, 2.24) is 4.90 Å². The van der Waals surface area contributed by atoms with Crippen LogP contribution in [0.5, 0.6) is 0 Å². The van der Waals surface area contributed by atoms with E-state index in [1.54, 1.807) is 0 Å². The maximum Gasteiger partial charge on any atom is 0.0171 e. The molecule has 94 valence electrons. The highest BCUT2D eigenvalue weighted by atomic mass is 15.1. The highest BCUT2D eigenvalue weighted by Crippen LogP contribution is 2.16. The second kappa shape index (κ2) is 7.54. The van der Waals surface area contributed by atoms with E-state index in [-0.39, 0.29) is 0 Å². The minimum absolute atomic E-state index is 0.552. The van der Waals surface area contributed by atoms with E-state index in [0.29, 0.717) is 11.8 Å². The Bertz CT molecular complexity index is 226. The van der Waals surface area contributed by atoms with E-state index >= 15 is 0 Å². The molecular weight excluding hydrogens is 194 g/mol. The average Bonchev–Trinajstić information content (AvgIpc) is 2.22. The highest BCUT2D eigenvalue weighted by molar-refractivity contribution is 4.98. The van der Waals surface area contributed by atoms with Crippen LogP contribution in [-0.4, -0.2) is 18.5 Å². The van der Waals surface area contributed by atoms with Crippen molar-refractivity contribution in [2.75, 3.05) is 13.6 Å². The Labute approximate surface area is 102 Å². The molecule has 0 aromatic rings. The van der Waals surface area contributed by atoms with Gasteiger partial charge in [0.15, 0.2) is 0 Å². The molecule has 0 aliphatic heterocycles. The third kappa shape index (κ3) is 5.99. The van der Waals surface area contributed by atoms with Crippen LogP contribution in [0.1, 0.15) is 47.0 Å². The van der Waals surface area contributed by atoms with Crippen LogP contribution in [0.15, 0.2) is 24.4 Å². The first-order valence-corrected chi connectivity index (χ1v) is 6.43. The summed E-state index contributed by atoms with van der Waals surface area (Å²) >= 11 is 0. The summed E-state index contributed by atoms with van der Waals surface area (Å²) < 4.78 is 0. The maximum absolute atomic E-state index is 4.10. The van der Waals surface area contributed by atoms with Gasteiger partial charge in [0.25, 0.3) is 0 Å². The molecule has 0 spiro atoms. The molecule has 0 atom stereocenters. The molecule has 0 fully saturated rings. The topological polar surface area (TPSA) is 3.24 Å². The van der Waals surface area contributed by atoms with Gasteiger partial charge in [-0.15, -0.1) is 0 Å². The van der Waals surface area contributed by atoms with E-state index in [0.717, 1.165) is 6.54 Å². The van der Waals surface area contributed by atoms with Gasteiger partial charge in [0, 0.05) is 19.3 Å². The van der Waals surface area contributed by atoms with E-state index in [1.165, 1.54) is 30.5 Å². The zero-order chi connectivity index (χ0) is 12.7. The summed E-state index contributed by atoms with van der Waals surface area (Å²) in [6, 6.07) is 0. The highest BCUT2D eigenvalue weighted by Gasteiger charge is 2.06. The fourth-order valence-electron chi connectivity index (χ4n) is 1.57. The Morgan fingerprint density at radius 2 is 1.56 bits per heavy atom. The van der Waals surface area contributed by atoms with Crippen LogP contribution in [0.2, 0.25) is 0 Å². The molecule has 1 heteroatoms. The molecule has 0 heterocycles. The van der Waals surface area contributed by atoms with Crippen molar-refractivity contribution in [3.05, 3.63) is 24.4 Å². The van der Waals surface area contributed by atoms with Crippen LogP contribution >= 0.6 is 0 Å². The van der Waals surface area contributed by atoms with Gasteiger partial charge in [-0.3, -0.25) is 0 Å². The Morgan fingerprint density at radius 3 is 2.00 bits per heavy atom. The molecule has 0 amide bonds. The molecule has 0 unspecified atom stereocenters. The lowest BCUT2D eigenvalue weighted by Gasteiger charge is -2.24. The van der Waals surface area contributed by atoms with Gasteiger partial charge in [-0.25, -0.2) is 0 Å². The minimum atomic E-state index is 0.552. The van der Waals surface area contributed by atoms with Crippen molar-refractivity contribution in [2.45, 2.75) is 47.0 Å². The predicted octanol–water partition coefficient (Wildman–Crippen LogP) is 4.47. The van der Waals surface area contributed by atoms with Gasteiger partial charge in [-0.2, -0.15) is 0 Å². The summed E-state index contributed by atoms with van der Waals surface area (Å²) in [6.45, 7) is 18.1. The van der Waals surface area contributed by atoms with E-state index in [4.69, 9.17) is 0 Å². The number of allylic oxidation sites excluding steroid dienone is 2. The summed E-state index contributed by atoms with van der Waals surface area (Å²) in [6.07, 6.45) is 3.64. The molecule has 0 aromatic heterocycles. The third-order valence-electron chi connectivity index (χ3n) is 3.21. The van der Waals surface area contributed by atoms with Gasteiger partial charge in [0.2, 0.25) is 0 Å². The van der Waals surface area contributed by atoms with Gasteiger partial charge in [0.1, 0.15) is 0 Å². The molecule has 16 heavy (non-hydrogen) atoms. The Morgan fingerprint density at radius 1 is 1.00 bits per heavy atom. The van der Waals surface area contributed by atoms with Crippen LogP contribution in [-0.2, 0) is 0 Å². The van der Waals surface area contributed by atoms with Crippen molar-refractivity contribution < 1.29 is 0 Å². The molecular formula is C15H29N. The second-order valence-electron chi connectivity index (χ2n) is 5.34. The SMILES string of the molecule is C=C(CCCCN(C)C(=C)C(C)C)C(C)C. The van der Waals surface area contributed by atoms with Crippen LogP contribution < -0.4 is 0 Å². The molecule has 0 rings (SSSR count). The molecule has 0 saturated heterocycles. The molecule has 0 saturated carbocycles. The number of unbranched alkanes of at least 4 members (excludes halogenated alkanes) is 1. The van der Waals surface area contributed by atoms with Gasteiger partial charge < -0.3 is 4.90 Å². The lowest BCUT2D eigenvalue weighted by atomic mass is 9.99. The first kappa shape index (κ1) is 15.3. The second-order valence-corrected chi connectivity index (χ2v) is 5.34. The summed E-state index contributed by atoms with van der Waals surface area (Å²) in [5, 5.41) is 0. The molecule has 0 aromatic carbocycles. The Balaban J connectivity index is 3.67. The number of rotatable bonds is 8. The largest absolute Gasteiger partial charge is 0.378 e. The van der Waals surface area contributed by atoms with Crippen molar-refractivity contribution in [1.29, 1.82) is 0 Å². The van der Waals surface area contributed by atoms with Crippen molar-refractivity contribution >= 4 is 0 Å². The Hall–Kier alpha value is -0.720. The van der Waals surface area contributed by atoms with Gasteiger partial charge in [-0.05, 0) is 31.1 Å². The van der Waals surface area contributed by atoms with E-state index in [2.05, 4.69) is 52.8 Å². The normalized spacial score (nSPS) is 10.9. The molecule has 0 aliphatic rings. The lowest BCUT2D eigenvalue weighted by Crippen LogP contribution is -2.21. The first-order valence-electron chi connectivity index (χ1n) is 6.43. The fraction of sp³-hybridized carbons (Fsp3) is 0.733. The monoisotopic (exact) mass is 223 g/mol. The summed E-state index contributed by atoms with van der Waals surface area (Å²) in [7, 11) is 2.14. The van der Waals surface area contributed by atoms with Crippen molar-refractivity contribution in [3.63, 3.8) is 0 Å². The van der Waals surface area contributed by atoms with Crippen molar-refractivity contribution in [2.24, 2.45) is 11.8 Å². The summed E-state index contributed by atoms with van der Waals surface area (Å²) in [5.74, 6) is 1.18. The molecule has 0 aliphatic carbocycles. The van der Waals surface area contributed by atoms with Crippen LogP contribution in [0.4, 0.5) is 0 Å². The van der Waals surface area contributed by atoms with Gasteiger partial charge in [0.05, 0.1) is 0 Å². The minimum Gasteiger partial charge on any atom is -0.378 e. The standard InChI is InChI=1S/C15H29N/c1-12(2)14(5)10-8-9-11-16(7)15(6)13(3)4/h12-13H,5-6,8-11H2,1-4,7H3. The van der Waals surface area contributed by atoms with Crippen LogP contribution in [0.25, 0.3) is 0 Å².